The van der Waals surface area contributed by atoms with Gasteiger partial charge in [0.1, 0.15) is 11.5 Å². The lowest BCUT2D eigenvalue weighted by Crippen LogP contribution is -1.96. The van der Waals surface area contributed by atoms with Gasteiger partial charge in [-0.05, 0) is 19.1 Å². The van der Waals surface area contributed by atoms with Crippen molar-refractivity contribution >= 4 is 10.9 Å². The van der Waals surface area contributed by atoms with Gasteiger partial charge in [-0.15, -0.1) is 0 Å². The second-order valence-corrected chi connectivity index (χ2v) is 5.43. The molecule has 3 rings (SSSR count). The van der Waals surface area contributed by atoms with Crippen LogP contribution in [0.25, 0.3) is 10.9 Å². The van der Waals surface area contributed by atoms with Gasteiger partial charge < -0.3 is 28.7 Å². The molecule has 6 heteroatoms. The second-order valence-electron chi connectivity index (χ2n) is 5.43. The molecule has 0 amide bonds. The summed E-state index contributed by atoms with van der Waals surface area (Å²) in [6, 6.07) is 9.33. The van der Waals surface area contributed by atoms with Gasteiger partial charge in [0.2, 0.25) is 5.75 Å². The monoisotopic (exact) mass is 343 g/mol. The van der Waals surface area contributed by atoms with Gasteiger partial charge in [0, 0.05) is 12.1 Å². The second kappa shape index (κ2) is 6.84. The van der Waals surface area contributed by atoms with Gasteiger partial charge in [-0.25, -0.2) is 0 Å². The highest BCUT2D eigenvalue weighted by Gasteiger charge is 2.18. The van der Waals surface area contributed by atoms with Crippen LogP contribution < -0.4 is 23.7 Å². The molecule has 1 aromatic heterocycles. The van der Waals surface area contributed by atoms with E-state index in [9.17, 15) is 0 Å². The summed E-state index contributed by atoms with van der Waals surface area (Å²) in [5.41, 5.74) is 1.84. The number of rotatable bonds is 6. The van der Waals surface area contributed by atoms with E-state index in [1.807, 2.05) is 25.1 Å². The molecule has 0 aliphatic carbocycles. The standard InChI is InChI=1S/C19H21NO5/c1-11-18(17-13(20-11)7-6-8-14(17)21-2)25-12-9-15(22-3)19(24-5)16(10-12)23-4/h6-10,20H,1-5H3. The Balaban J connectivity index is 2.12. The van der Waals surface area contributed by atoms with E-state index < -0.39 is 0 Å². The summed E-state index contributed by atoms with van der Waals surface area (Å²) in [7, 11) is 6.35. The first-order valence-electron chi connectivity index (χ1n) is 7.76. The summed E-state index contributed by atoms with van der Waals surface area (Å²) < 4.78 is 27.8. The largest absolute Gasteiger partial charge is 0.496 e. The minimum atomic E-state index is 0.519. The molecule has 25 heavy (non-hydrogen) atoms. The zero-order chi connectivity index (χ0) is 18.0. The lowest BCUT2D eigenvalue weighted by molar-refractivity contribution is 0.321. The molecule has 0 fully saturated rings. The molecule has 0 aliphatic heterocycles. The van der Waals surface area contributed by atoms with Crippen LogP contribution in [0, 0.1) is 6.92 Å². The van der Waals surface area contributed by atoms with Gasteiger partial charge >= 0.3 is 0 Å². The van der Waals surface area contributed by atoms with Crippen LogP contribution in [0.2, 0.25) is 0 Å². The first-order chi connectivity index (χ1) is 12.1. The van der Waals surface area contributed by atoms with Crippen molar-refractivity contribution in [3.63, 3.8) is 0 Å². The van der Waals surface area contributed by atoms with Crippen molar-refractivity contribution in [1.29, 1.82) is 0 Å². The third kappa shape index (κ3) is 2.91. The summed E-state index contributed by atoms with van der Waals surface area (Å²) in [5, 5.41) is 0.885. The van der Waals surface area contributed by atoms with Crippen molar-refractivity contribution in [2.24, 2.45) is 0 Å². The quantitative estimate of drug-likeness (QED) is 0.723. The number of aryl methyl sites for hydroxylation is 1. The average Bonchev–Trinajstić information content (AvgIpc) is 2.96. The topological polar surface area (TPSA) is 61.9 Å². The molecule has 0 spiro atoms. The van der Waals surface area contributed by atoms with Crippen molar-refractivity contribution in [2.45, 2.75) is 6.92 Å². The third-order valence-corrected chi connectivity index (χ3v) is 3.99. The number of hydrogen-bond acceptors (Lipinski definition) is 5. The van der Waals surface area contributed by atoms with E-state index in [1.165, 1.54) is 0 Å². The molecular formula is C19H21NO5. The molecule has 0 bridgehead atoms. The molecule has 0 aliphatic rings. The maximum absolute atomic E-state index is 6.16. The number of aromatic amines is 1. The molecule has 2 aromatic carbocycles. The van der Waals surface area contributed by atoms with E-state index in [1.54, 1.807) is 40.6 Å². The normalized spacial score (nSPS) is 10.6. The molecular weight excluding hydrogens is 322 g/mol. The molecule has 3 aromatic rings. The molecule has 1 N–H and O–H groups in total. The van der Waals surface area contributed by atoms with Crippen LogP contribution in [0.5, 0.6) is 34.5 Å². The Morgan fingerprint density at radius 2 is 1.40 bits per heavy atom. The Hall–Kier alpha value is -3.02. The zero-order valence-electron chi connectivity index (χ0n) is 14.9. The van der Waals surface area contributed by atoms with Gasteiger partial charge in [0.25, 0.3) is 0 Å². The van der Waals surface area contributed by atoms with E-state index in [4.69, 9.17) is 23.7 Å². The zero-order valence-corrected chi connectivity index (χ0v) is 14.9. The predicted octanol–water partition coefficient (Wildman–Crippen LogP) is 4.30. The fourth-order valence-electron chi connectivity index (χ4n) is 2.85. The minimum absolute atomic E-state index is 0.519. The summed E-state index contributed by atoms with van der Waals surface area (Å²) in [4.78, 5) is 3.31. The Morgan fingerprint density at radius 3 is 1.96 bits per heavy atom. The van der Waals surface area contributed by atoms with E-state index in [0.717, 1.165) is 22.3 Å². The molecule has 0 atom stereocenters. The molecule has 6 nitrogen and oxygen atoms in total. The van der Waals surface area contributed by atoms with Crippen molar-refractivity contribution in [2.75, 3.05) is 28.4 Å². The first-order valence-corrected chi connectivity index (χ1v) is 7.76. The van der Waals surface area contributed by atoms with Crippen LogP contribution in [0.3, 0.4) is 0 Å². The van der Waals surface area contributed by atoms with Gasteiger partial charge in [-0.2, -0.15) is 0 Å². The van der Waals surface area contributed by atoms with E-state index in [-0.39, 0.29) is 0 Å². The van der Waals surface area contributed by atoms with E-state index in [2.05, 4.69) is 4.98 Å². The van der Waals surface area contributed by atoms with Crippen LogP contribution in [0.15, 0.2) is 30.3 Å². The van der Waals surface area contributed by atoms with Crippen LogP contribution >= 0.6 is 0 Å². The van der Waals surface area contributed by atoms with Crippen molar-refractivity contribution < 1.29 is 23.7 Å². The SMILES string of the molecule is COc1cc(Oc2c(C)[nH]c3cccc(OC)c23)cc(OC)c1OC. The fraction of sp³-hybridized carbons (Fsp3) is 0.263. The van der Waals surface area contributed by atoms with Gasteiger partial charge in [-0.3, -0.25) is 0 Å². The number of methoxy groups -OCH3 is 4. The highest BCUT2D eigenvalue weighted by Crippen LogP contribution is 2.44. The van der Waals surface area contributed by atoms with Gasteiger partial charge in [0.05, 0.1) is 45.0 Å². The van der Waals surface area contributed by atoms with Crippen molar-refractivity contribution in [3.8, 4) is 34.5 Å². The number of nitrogens with one attached hydrogen (secondary N) is 1. The van der Waals surface area contributed by atoms with Crippen LogP contribution in [0.1, 0.15) is 5.69 Å². The lowest BCUT2D eigenvalue weighted by atomic mass is 10.2. The van der Waals surface area contributed by atoms with Crippen LogP contribution in [-0.2, 0) is 0 Å². The summed E-state index contributed by atoms with van der Waals surface area (Å²) in [6.45, 7) is 1.95. The smallest absolute Gasteiger partial charge is 0.203 e. The van der Waals surface area contributed by atoms with Gasteiger partial charge in [0.15, 0.2) is 17.2 Å². The number of H-pyrrole nitrogens is 1. The Kier molecular flexibility index (Phi) is 4.61. The predicted molar refractivity (Wildman–Crippen MR) is 95.8 cm³/mol. The first kappa shape index (κ1) is 16.8. The molecule has 0 saturated carbocycles. The highest BCUT2D eigenvalue weighted by molar-refractivity contribution is 5.93. The maximum atomic E-state index is 6.16. The number of aromatic nitrogens is 1. The number of hydrogen-bond donors (Lipinski definition) is 1. The fourth-order valence-corrected chi connectivity index (χ4v) is 2.85. The molecule has 132 valence electrons. The van der Waals surface area contributed by atoms with Crippen molar-refractivity contribution in [3.05, 3.63) is 36.0 Å². The number of benzene rings is 2. The summed E-state index contributed by atoms with van der Waals surface area (Å²) >= 11 is 0. The third-order valence-electron chi connectivity index (χ3n) is 3.99. The van der Waals surface area contributed by atoms with Crippen molar-refractivity contribution in [1.82, 2.24) is 4.98 Å². The highest BCUT2D eigenvalue weighted by atomic mass is 16.5. The Morgan fingerprint density at radius 1 is 0.760 bits per heavy atom. The summed E-state index contributed by atoms with van der Waals surface area (Å²) in [5.74, 6) is 3.59. The summed E-state index contributed by atoms with van der Waals surface area (Å²) in [6.07, 6.45) is 0. The number of fused-ring (bicyclic) bond motifs is 1. The Labute approximate surface area is 146 Å². The van der Waals surface area contributed by atoms with Crippen LogP contribution in [-0.4, -0.2) is 33.4 Å². The molecule has 0 saturated heterocycles. The van der Waals surface area contributed by atoms with E-state index >= 15 is 0 Å². The van der Waals surface area contributed by atoms with Crippen LogP contribution in [0.4, 0.5) is 0 Å². The maximum Gasteiger partial charge on any atom is 0.203 e. The molecule has 1 heterocycles. The molecule has 0 radical (unpaired) electrons. The lowest BCUT2D eigenvalue weighted by Gasteiger charge is -2.15. The van der Waals surface area contributed by atoms with E-state index in [0.29, 0.717) is 28.7 Å². The van der Waals surface area contributed by atoms with Gasteiger partial charge in [-0.1, -0.05) is 6.07 Å². The Bertz CT molecular complexity index is 875. The molecule has 0 unspecified atom stereocenters. The average molecular weight is 343 g/mol. The number of ether oxygens (including phenoxy) is 5. The minimum Gasteiger partial charge on any atom is -0.496 e.